The van der Waals surface area contributed by atoms with E-state index in [2.05, 4.69) is 0 Å². The molecule has 4 heteroatoms. The summed E-state index contributed by atoms with van der Waals surface area (Å²) >= 11 is 5.58. The van der Waals surface area contributed by atoms with Crippen molar-refractivity contribution in [2.75, 3.05) is 0 Å². The summed E-state index contributed by atoms with van der Waals surface area (Å²) in [5.41, 5.74) is -0.504. The van der Waals surface area contributed by atoms with Crippen LogP contribution < -0.4 is 0 Å². The second kappa shape index (κ2) is 3.74. The van der Waals surface area contributed by atoms with E-state index in [0.717, 1.165) is 12.8 Å². The summed E-state index contributed by atoms with van der Waals surface area (Å²) in [7, 11) is 0. The van der Waals surface area contributed by atoms with Crippen molar-refractivity contribution in [3.05, 3.63) is 34.6 Å². The Morgan fingerprint density at radius 1 is 1.56 bits per heavy atom. The molecule has 1 saturated carbocycles. The summed E-state index contributed by atoms with van der Waals surface area (Å²) < 4.78 is 13.3. The molecule has 0 saturated heterocycles. The largest absolute Gasteiger partial charge is 0.481 e. The summed E-state index contributed by atoms with van der Waals surface area (Å²) in [6, 6.07) is 4.24. The molecule has 0 heterocycles. The molecule has 0 aliphatic heterocycles. The molecule has 0 radical (unpaired) electrons. The lowest BCUT2D eigenvalue weighted by atomic mass is 9.78. The van der Waals surface area contributed by atoms with Crippen LogP contribution >= 0.6 is 11.6 Å². The van der Waals surface area contributed by atoms with Crippen LogP contribution in [0.1, 0.15) is 25.3 Å². The van der Waals surface area contributed by atoms with Gasteiger partial charge in [0.15, 0.2) is 0 Å². The Kier molecular flexibility index (Phi) is 2.66. The highest BCUT2D eigenvalue weighted by atomic mass is 35.5. The number of benzene rings is 1. The number of rotatable bonds is 3. The SMILES string of the molecule is CC(C(=O)O)(c1ccc(Cl)c(F)c1)C1CC1. The Hall–Kier alpha value is -1.09. The van der Waals surface area contributed by atoms with E-state index >= 15 is 0 Å². The monoisotopic (exact) mass is 242 g/mol. The molecule has 0 spiro atoms. The molecule has 1 fully saturated rings. The number of carbonyl (C=O) groups is 1. The third kappa shape index (κ3) is 1.69. The van der Waals surface area contributed by atoms with Crippen LogP contribution in [0, 0.1) is 11.7 Å². The van der Waals surface area contributed by atoms with Crippen molar-refractivity contribution in [2.45, 2.75) is 25.2 Å². The number of carboxylic acids is 1. The predicted molar refractivity (Wildman–Crippen MR) is 59.1 cm³/mol. The van der Waals surface area contributed by atoms with Gasteiger partial charge < -0.3 is 5.11 Å². The molecular formula is C12H12ClFO2. The molecule has 1 N–H and O–H groups in total. The molecule has 2 rings (SSSR count). The fourth-order valence-corrected chi connectivity index (χ4v) is 2.13. The summed E-state index contributed by atoms with van der Waals surface area (Å²) in [4.78, 5) is 11.3. The third-order valence-electron chi connectivity index (χ3n) is 3.36. The fourth-order valence-electron chi connectivity index (χ4n) is 2.01. The van der Waals surface area contributed by atoms with Gasteiger partial charge in [0.1, 0.15) is 5.82 Å². The minimum absolute atomic E-state index is 0.0206. The van der Waals surface area contributed by atoms with Gasteiger partial charge in [0.05, 0.1) is 10.4 Å². The zero-order valence-corrected chi connectivity index (χ0v) is 9.59. The van der Waals surface area contributed by atoms with Gasteiger partial charge in [0.25, 0.3) is 0 Å². The molecule has 1 aliphatic rings. The van der Waals surface area contributed by atoms with Crippen molar-refractivity contribution >= 4 is 17.6 Å². The Morgan fingerprint density at radius 2 is 2.19 bits per heavy atom. The predicted octanol–water partition coefficient (Wildman–Crippen LogP) is 3.23. The topological polar surface area (TPSA) is 37.3 Å². The maximum absolute atomic E-state index is 13.3. The number of halogens is 2. The first kappa shape index (κ1) is 11.4. The lowest BCUT2D eigenvalue weighted by Crippen LogP contribution is -2.34. The highest BCUT2D eigenvalue weighted by Crippen LogP contribution is 2.47. The van der Waals surface area contributed by atoms with Crippen LogP contribution in [-0.2, 0) is 10.2 Å². The van der Waals surface area contributed by atoms with E-state index in [4.69, 9.17) is 11.6 Å². The molecule has 0 aromatic heterocycles. The molecule has 2 nitrogen and oxygen atoms in total. The Labute approximate surface area is 98.0 Å². The lowest BCUT2D eigenvalue weighted by Gasteiger charge is -2.25. The van der Waals surface area contributed by atoms with E-state index in [1.807, 2.05) is 0 Å². The first-order chi connectivity index (χ1) is 7.46. The first-order valence-corrected chi connectivity index (χ1v) is 5.53. The number of hydrogen-bond acceptors (Lipinski definition) is 1. The summed E-state index contributed by atoms with van der Waals surface area (Å²) in [5.74, 6) is -1.37. The number of hydrogen-bond donors (Lipinski definition) is 1. The van der Waals surface area contributed by atoms with Crippen LogP contribution in [0.4, 0.5) is 4.39 Å². The quantitative estimate of drug-likeness (QED) is 0.884. The summed E-state index contributed by atoms with van der Waals surface area (Å²) in [6.07, 6.45) is 1.76. The maximum atomic E-state index is 13.3. The third-order valence-corrected chi connectivity index (χ3v) is 3.66. The molecule has 86 valence electrons. The van der Waals surface area contributed by atoms with Gasteiger partial charge in [-0.05, 0) is 43.4 Å². The molecule has 0 bridgehead atoms. The van der Waals surface area contributed by atoms with Crippen LogP contribution in [0.25, 0.3) is 0 Å². The highest BCUT2D eigenvalue weighted by molar-refractivity contribution is 6.30. The first-order valence-electron chi connectivity index (χ1n) is 5.15. The normalized spacial score (nSPS) is 19.2. The van der Waals surface area contributed by atoms with Crippen LogP contribution in [0.15, 0.2) is 18.2 Å². The van der Waals surface area contributed by atoms with Crippen molar-refractivity contribution in [3.8, 4) is 0 Å². The van der Waals surface area contributed by atoms with E-state index in [-0.39, 0.29) is 10.9 Å². The Morgan fingerprint density at radius 3 is 2.62 bits per heavy atom. The second-order valence-electron chi connectivity index (χ2n) is 4.41. The molecule has 1 aromatic rings. The van der Waals surface area contributed by atoms with Gasteiger partial charge in [0, 0.05) is 0 Å². The van der Waals surface area contributed by atoms with E-state index in [1.54, 1.807) is 13.0 Å². The minimum Gasteiger partial charge on any atom is -0.481 e. The lowest BCUT2D eigenvalue weighted by molar-refractivity contribution is -0.144. The van der Waals surface area contributed by atoms with Gasteiger partial charge >= 0.3 is 5.97 Å². The summed E-state index contributed by atoms with van der Waals surface area (Å²) in [6.45, 7) is 1.65. The van der Waals surface area contributed by atoms with Crippen molar-refractivity contribution in [1.82, 2.24) is 0 Å². The second-order valence-corrected chi connectivity index (χ2v) is 4.82. The van der Waals surface area contributed by atoms with Gasteiger partial charge in [-0.15, -0.1) is 0 Å². The molecule has 1 aliphatic carbocycles. The molecular weight excluding hydrogens is 231 g/mol. The smallest absolute Gasteiger partial charge is 0.314 e. The van der Waals surface area contributed by atoms with Crippen molar-refractivity contribution in [3.63, 3.8) is 0 Å². The molecule has 0 amide bonds. The fraction of sp³-hybridized carbons (Fsp3) is 0.417. The standard InChI is InChI=1S/C12H12ClFO2/c1-12(11(15)16,7-2-3-7)8-4-5-9(13)10(14)6-8/h4-7H,2-3H2,1H3,(H,15,16). The molecule has 1 atom stereocenters. The van der Waals surface area contributed by atoms with Gasteiger partial charge in [-0.3, -0.25) is 4.79 Å². The molecule has 1 unspecified atom stereocenters. The van der Waals surface area contributed by atoms with Gasteiger partial charge in [-0.2, -0.15) is 0 Å². The van der Waals surface area contributed by atoms with Crippen LogP contribution in [-0.4, -0.2) is 11.1 Å². The molecule has 1 aromatic carbocycles. The Balaban J connectivity index is 2.47. The maximum Gasteiger partial charge on any atom is 0.314 e. The van der Waals surface area contributed by atoms with E-state index in [0.29, 0.717) is 5.56 Å². The average molecular weight is 243 g/mol. The van der Waals surface area contributed by atoms with Crippen LogP contribution in [0.2, 0.25) is 5.02 Å². The number of carboxylic acid groups (broad SMARTS) is 1. The van der Waals surface area contributed by atoms with Gasteiger partial charge in [-0.1, -0.05) is 17.7 Å². The van der Waals surface area contributed by atoms with Gasteiger partial charge in [-0.25, -0.2) is 4.39 Å². The van der Waals surface area contributed by atoms with Crippen LogP contribution in [0.3, 0.4) is 0 Å². The zero-order valence-electron chi connectivity index (χ0n) is 8.84. The zero-order chi connectivity index (χ0) is 11.9. The van der Waals surface area contributed by atoms with Crippen molar-refractivity contribution in [1.29, 1.82) is 0 Å². The van der Waals surface area contributed by atoms with Crippen molar-refractivity contribution in [2.24, 2.45) is 5.92 Å². The Bertz CT molecular complexity index is 443. The molecule has 16 heavy (non-hydrogen) atoms. The highest BCUT2D eigenvalue weighted by Gasteiger charge is 2.48. The van der Waals surface area contributed by atoms with E-state index in [1.165, 1.54) is 12.1 Å². The van der Waals surface area contributed by atoms with Crippen LogP contribution in [0.5, 0.6) is 0 Å². The van der Waals surface area contributed by atoms with Gasteiger partial charge in [0.2, 0.25) is 0 Å². The van der Waals surface area contributed by atoms with E-state index in [9.17, 15) is 14.3 Å². The minimum atomic E-state index is -0.995. The van der Waals surface area contributed by atoms with Crippen molar-refractivity contribution < 1.29 is 14.3 Å². The average Bonchev–Trinajstić information content (AvgIpc) is 3.04. The summed E-state index contributed by atoms with van der Waals surface area (Å²) in [5, 5.41) is 9.32. The van der Waals surface area contributed by atoms with E-state index < -0.39 is 17.2 Å². The number of aliphatic carboxylic acids is 1.